The minimum Gasteiger partial charge on any atom is -0.493 e. The largest absolute Gasteiger partial charge is 0.493 e. The van der Waals surface area contributed by atoms with Gasteiger partial charge in [-0.15, -0.1) is 0 Å². The van der Waals surface area contributed by atoms with Crippen molar-refractivity contribution in [3.8, 4) is 5.75 Å². The average molecular weight is 265 g/mol. The number of aromatic nitrogens is 3. The Balaban J connectivity index is 2.59. The van der Waals surface area contributed by atoms with Gasteiger partial charge in [-0.05, 0) is 18.6 Å². The molecule has 0 saturated heterocycles. The van der Waals surface area contributed by atoms with Gasteiger partial charge in [0.25, 0.3) is 0 Å². The molecule has 2 aromatic heterocycles. The van der Waals surface area contributed by atoms with Gasteiger partial charge >= 0.3 is 0 Å². The Morgan fingerprint density at radius 1 is 1.42 bits per heavy atom. The SMILES string of the molecule is CCC(O)(c1ccc(F)cn1)c1c(OC)cnn1C. The third-order valence-corrected chi connectivity index (χ3v) is 3.18. The first-order chi connectivity index (χ1) is 9.02. The van der Waals surface area contributed by atoms with Crippen LogP contribution in [-0.4, -0.2) is 27.0 Å². The highest BCUT2D eigenvalue weighted by molar-refractivity contribution is 5.37. The summed E-state index contributed by atoms with van der Waals surface area (Å²) in [5.41, 5.74) is -0.514. The van der Waals surface area contributed by atoms with Crippen LogP contribution < -0.4 is 4.74 Å². The predicted molar refractivity (Wildman–Crippen MR) is 67.2 cm³/mol. The minimum atomic E-state index is -1.37. The smallest absolute Gasteiger partial charge is 0.163 e. The first-order valence-corrected chi connectivity index (χ1v) is 5.93. The number of ether oxygens (including phenoxy) is 1. The lowest BCUT2D eigenvalue weighted by Crippen LogP contribution is -2.30. The lowest BCUT2D eigenvalue weighted by molar-refractivity contribution is 0.0603. The van der Waals surface area contributed by atoms with E-state index in [1.807, 2.05) is 6.92 Å². The number of hydrogen-bond donors (Lipinski definition) is 1. The Kier molecular flexibility index (Phi) is 3.53. The molecule has 0 aliphatic carbocycles. The van der Waals surface area contributed by atoms with Gasteiger partial charge in [-0.3, -0.25) is 9.67 Å². The summed E-state index contributed by atoms with van der Waals surface area (Å²) in [6.07, 6.45) is 2.97. The fourth-order valence-electron chi connectivity index (χ4n) is 2.13. The maximum atomic E-state index is 13.0. The Hall–Kier alpha value is -1.95. The third-order valence-electron chi connectivity index (χ3n) is 3.18. The van der Waals surface area contributed by atoms with Crippen molar-refractivity contribution in [3.05, 3.63) is 41.7 Å². The monoisotopic (exact) mass is 265 g/mol. The van der Waals surface area contributed by atoms with E-state index in [2.05, 4.69) is 10.1 Å². The molecule has 0 saturated carbocycles. The van der Waals surface area contributed by atoms with Gasteiger partial charge in [0.05, 0.1) is 25.2 Å². The van der Waals surface area contributed by atoms with E-state index in [0.29, 0.717) is 23.6 Å². The number of aryl methyl sites for hydroxylation is 1. The minimum absolute atomic E-state index is 0.360. The van der Waals surface area contributed by atoms with Crippen molar-refractivity contribution >= 4 is 0 Å². The zero-order chi connectivity index (χ0) is 14.0. The second kappa shape index (κ2) is 4.97. The van der Waals surface area contributed by atoms with E-state index in [4.69, 9.17) is 4.74 Å². The summed E-state index contributed by atoms with van der Waals surface area (Å²) in [6.45, 7) is 1.82. The van der Waals surface area contributed by atoms with Gasteiger partial charge in [-0.1, -0.05) is 6.92 Å². The second-order valence-electron chi connectivity index (χ2n) is 4.26. The lowest BCUT2D eigenvalue weighted by atomic mass is 9.91. The molecule has 0 aliphatic heterocycles. The van der Waals surface area contributed by atoms with Crippen LogP contribution in [0.3, 0.4) is 0 Å². The zero-order valence-electron chi connectivity index (χ0n) is 11.1. The van der Waals surface area contributed by atoms with E-state index in [9.17, 15) is 9.50 Å². The Labute approximate surface area is 110 Å². The van der Waals surface area contributed by atoms with Crippen molar-refractivity contribution in [2.24, 2.45) is 7.05 Å². The average Bonchev–Trinajstić information content (AvgIpc) is 2.80. The van der Waals surface area contributed by atoms with E-state index >= 15 is 0 Å². The molecule has 0 amide bonds. The number of methoxy groups -OCH3 is 1. The number of pyridine rings is 1. The summed E-state index contributed by atoms with van der Waals surface area (Å²) in [7, 11) is 3.22. The summed E-state index contributed by atoms with van der Waals surface area (Å²) in [6, 6.07) is 2.73. The topological polar surface area (TPSA) is 60.2 Å². The van der Waals surface area contributed by atoms with Crippen molar-refractivity contribution in [2.75, 3.05) is 7.11 Å². The fraction of sp³-hybridized carbons (Fsp3) is 0.385. The number of aliphatic hydroxyl groups is 1. The molecular formula is C13H16FN3O2. The zero-order valence-corrected chi connectivity index (χ0v) is 11.1. The van der Waals surface area contributed by atoms with Crippen LogP contribution in [0.1, 0.15) is 24.7 Å². The molecule has 102 valence electrons. The fourth-order valence-corrected chi connectivity index (χ4v) is 2.13. The number of rotatable bonds is 4. The maximum Gasteiger partial charge on any atom is 0.163 e. The van der Waals surface area contributed by atoms with Gasteiger partial charge in [0, 0.05) is 7.05 Å². The molecule has 19 heavy (non-hydrogen) atoms. The van der Waals surface area contributed by atoms with Crippen LogP contribution in [0.4, 0.5) is 4.39 Å². The Morgan fingerprint density at radius 3 is 2.68 bits per heavy atom. The van der Waals surface area contributed by atoms with Crippen LogP contribution in [0, 0.1) is 5.82 Å². The summed E-state index contributed by atoms with van der Waals surface area (Å²) in [4.78, 5) is 3.97. The van der Waals surface area contributed by atoms with Gasteiger partial charge in [0.2, 0.25) is 0 Å². The number of halogens is 1. The normalized spacial score (nSPS) is 14.2. The van der Waals surface area contributed by atoms with E-state index < -0.39 is 11.4 Å². The van der Waals surface area contributed by atoms with E-state index in [-0.39, 0.29) is 0 Å². The highest BCUT2D eigenvalue weighted by atomic mass is 19.1. The van der Waals surface area contributed by atoms with Crippen LogP contribution in [0.25, 0.3) is 0 Å². The Bertz CT molecular complexity index is 568. The van der Waals surface area contributed by atoms with Crippen LogP contribution in [0.15, 0.2) is 24.5 Å². The highest BCUT2D eigenvalue weighted by Crippen LogP contribution is 2.36. The van der Waals surface area contributed by atoms with Crippen molar-refractivity contribution in [2.45, 2.75) is 18.9 Å². The van der Waals surface area contributed by atoms with Crippen LogP contribution in [-0.2, 0) is 12.6 Å². The van der Waals surface area contributed by atoms with E-state index in [1.54, 1.807) is 7.05 Å². The lowest BCUT2D eigenvalue weighted by Gasteiger charge is -2.27. The van der Waals surface area contributed by atoms with Crippen molar-refractivity contribution in [1.29, 1.82) is 0 Å². The predicted octanol–water partition coefficient (Wildman–Crippen LogP) is 1.61. The molecule has 6 heteroatoms. The molecule has 0 bridgehead atoms. The third kappa shape index (κ3) is 2.19. The molecule has 2 aromatic rings. The van der Waals surface area contributed by atoms with Gasteiger partial charge in [-0.2, -0.15) is 5.10 Å². The van der Waals surface area contributed by atoms with Crippen molar-refractivity contribution < 1.29 is 14.2 Å². The van der Waals surface area contributed by atoms with E-state index in [0.717, 1.165) is 6.20 Å². The molecule has 0 aromatic carbocycles. The van der Waals surface area contributed by atoms with Gasteiger partial charge < -0.3 is 9.84 Å². The first kappa shape index (κ1) is 13.5. The quantitative estimate of drug-likeness (QED) is 0.912. The molecule has 0 spiro atoms. The molecule has 2 heterocycles. The number of hydrogen-bond acceptors (Lipinski definition) is 4. The first-order valence-electron chi connectivity index (χ1n) is 5.93. The van der Waals surface area contributed by atoms with Gasteiger partial charge in [0.15, 0.2) is 11.4 Å². The second-order valence-corrected chi connectivity index (χ2v) is 4.26. The molecule has 1 atom stereocenters. The standard InChI is InChI=1S/C13H16FN3O2/c1-4-13(18,11-6-5-9(14)7-15-11)12-10(19-3)8-16-17(12)2/h5-8,18H,4H2,1-3H3. The summed E-state index contributed by atoms with van der Waals surface area (Å²) >= 11 is 0. The molecule has 0 fully saturated rings. The van der Waals surface area contributed by atoms with Crippen LogP contribution in [0.2, 0.25) is 0 Å². The Morgan fingerprint density at radius 2 is 2.16 bits per heavy atom. The van der Waals surface area contributed by atoms with Crippen molar-refractivity contribution in [3.63, 3.8) is 0 Å². The van der Waals surface area contributed by atoms with Crippen molar-refractivity contribution in [1.82, 2.24) is 14.8 Å². The van der Waals surface area contributed by atoms with Gasteiger partial charge in [-0.25, -0.2) is 4.39 Å². The molecule has 0 aliphatic rings. The summed E-state index contributed by atoms with van der Waals surface area (Å²) in [5, 5.41) is 15.0. The molecule has 5 nitrogen and oxygen atoms in total. The molecule has 2 rings (SSSR count). The molecule has 1 unspecified atom stereocenters. The highest BCUT2D eigenvalue weighted by Gasteiger charge is 2.37. The maximum absolute atomic E-state index is 13.0. The van der Waals surface area contributed by atoms with Crippen LogP contribution >= 0.6 is 0 Å². The van der Waals surface area contributed by atoms with E-state index in [1.165, 1.54) is 30.1 Å². The summed E-state index contributed by atoms with van der Waals surface area (Å²) in [5.74, 6) is 0.0251. The molecular weight excluding hydrogens is 249 g/mol. The molecule has 1 N–H and O–H groups in total. The van der Waals surface area contributed by atoms with Gasteiger partial charge in [0.1, 0.15) is 11.5 Å². The molecule has 0 radical (unpaired) electrons. The van der Waals surface area contributed by atoms with Crippen LogP contribution in [0.5, 0.6) is 5.75 Å². The summed E-state index contributed by atoms with van der Waals surface area (Å²) < 4.78 is 19.7. The number of nitrogens with zero attached hydrogens (tertiary/aromatic N) is 3.